The third-order valence-electron chi connectivity index (χ3n) is 1.12. The molecule has 1 aliphatic rings. The van der Waals surface area contributed by atoms with E-state index in [1.807, 2.05) is 24.3 Å². The normalized spacial score (nSPS) is 12.7. The predicted molar refractivity (Wildman–Crippen MR) is 56.8 cm³/mol. The van der Waals surface area contributed by atoms with Crippen molar-refractivity contribution in [1.82, 2.24) is 0 Å². The Morgan fingerprint density at radius 3 is 0.875 bits per heavy atom. The molecule has 0 aromatic heterocycles. The first kappa shape index (κ1) is 31.5. The van der Waals surface area contributed by atoms with Crippen molar-refractivity contribution in [1.29, 1.82) is 0 Å². The molecule has 1 aliphatic carbocycles. The van der Waals surface area contributed by atoms with Crippen molar-refractivity contribution < 1.29 is 91.2 Å². The molecular formula is C8H4F6O6S2Zn2-2. The number of allylic oxidation sites excluding steroid dienone is 4. The maximum atomic E-state index is 10.7. The largest absolute Gasteiger partial charge is 0.741 e. The standard InChI is InChI=1S/C6H4.2CHF3O3S.2Zn/c1-2-4-6-5-3-1;2*2-1(3,4)8(5,6)7;;/h1-4H;2*(H,5,6,7);;/p-2. The fraction of sp³-hybridized carbons (Fsp3) is 0.250. The predicted octanol–water partition coefficient (Wildman–Crippen LogP) is 1.52. The molecule has 1 rings (SSSR count). The topological polar surface area (TPSA) is 114 Å². The van der Waals surface area contributed by atoms with Gasteiger partial charge in [-0.1, -0.05) is 23.6 Å². The van der Waals surface area contributed by atoms with Gasteiger partial charge >= 0.3 is 11.0 Å². The summed E-state index contributed by atoms with van der Waals surface area (Å²) in [4.78, 5) is 0. The van der Waals surface area contributed by atoms with Gasteiger partial charge in [0, 0.05) is 39.0 Å². The fourth-order valence-electron chi connectivity index (χ4n) is 0.304. The van der Waals surface area contributed by atoms with Gasteiger partial charge in [0.25, 0.3) is 0 Å². The summed E-state index contributed by atoms with van der Waals surface area (Å²) in [5.74, 6) is 0. The monoisotopic (exact) mass is 502 g/mol. The quantitative estimate of drug-likeness (QED) is 0.162. The minimum absolute atomic E-state index is 0. The van der Waals surface area contributed by atoms with E-state index >= 15 is 0 Å². The first-order chi connectivity index (χ1) is 9.50. The van der Waals surface area contributed by atoms with E-state index in [0.29, 0.717) is 0 Å². The van der Waals surface area contributed by atoms with Crippen LogP contribution in [0.15, 0.2) is 35.8 Å². The van der Waals surface area contributed by atoms with E-state index in [9.17, 15) is 26.3 Å². The van der Waals surface area contributed by atoms with E-state index in [-0.39, 0.29) is 39.0 Å². The van der Waals surface area contributed by atoms with Crippen molar-refractivity contribution >= 4 is 20.2 Å². The van der Waals surface area contributed by atoms with Crippen molar-refractivity contribution in [2.75, 3.05) is 0 Å². The summed E-state index contributed by atoms with van der Waals surface area (Å²) in [6, 6.07) is 0. The summed E-state index contributed by atoms with van der Waals surface area (Å²) in [7, 11) is -12.2. The van der Waals surface area contributed by atoms with Crippen molar-refractivity contribution in [2.24, 2.45) is 0 Å². The van der Waals surface area contributed by atoms with Crippen molar-refractivity contribution in [3.63, 3.8) is 0 Å². The zero-order valence-corrected chi connectivity index (χ0v) is 18.8. The maximum absolute atomic E-state index is 10.7. The Morgan fingerprint density at radius 2 is 0.833 bits per heavy atom. The molecule has 0 aromatic rings. The molecule has 0 bridgehead atoms. The van der Waals surface area contributed by atoms with Gasteiger partial charge < -0.3 is 9.11 Å². The van der Waals surface area contributed by atoms with E-state index in [1.165, 1.54) is 0 Å². The van der Waals surface area contributed by atoms with Gasteiger partial charge in [-0.2, -0.15) is 26.3 Å². The van der Waals surface area contributed by atoms with Crippen LogP contribution in [0.25, 0.3) is 0 Å². The Bertz CT molecular complexity index is 634. The summed E-state index contributed by atoms with van der Waals surface area (Å²) >= 11 is 0. The molecule has 0 unspecified atom stereocenters. The summed E-state index contributed by atoms with van der Waals surface area (Å²) in [6.45, 7) is 0. The van der Waals surface area contributed by atoms with Crippen LogP contribution in [0.5, 0.6) is 0 Å². The molecule has 0 spiro atoms. The molecule has 0 N–H and O–H groups in total. The van der Waals surface area contributed by atoms with Gasteiger partial charge in [-0.3, -0.25) is 0 Å². The second-order valence-corrected chi connectivity index (χ2v) is 5.55. The Morgan fingerprint density at radius 1 is 0.667 bits per heavy atom. The van der Waals surface area contributed by atoms with Gasteiger partial charge in [-0.25, -0.2) is 16.8 Å². The summed E-state index contributed by atoms with van der Waals surface area (Å²) in [6.07, 6.45) is 7.47. The average Bonchev–Trinajstić information content (AvgIpc) is 2.27. The third-order valence-corrected chi connectivity index (χ3v) is 2.25. The average molecular weight is 505 g/mol. The first-order valence-corrected chi connectivity index (χ1v) is 7.19. The number of alkyl halides is 6. The molecule has 24 heavy (non-hydrogen) atoms. The minimum atomic E-state index is -6.09. The zero-order valence-electron chi connectivity index (χ0n) is 11.3. The van der Waals surface area contributed by atoms with Crippen LogP contribution in [0.3, 0.4) is 0 Å². The van der Waals surface area contributed by atoms with E-state index in [0.717, 1.165) is 0 Å². The molecule has 6 nitrogen and oxygen atoms in total. The molecule has 0 radical (unpaired) electrons. The third kappa shape index (κ3) is 16.5. The summed E-state index contributed by atoms with van der Waals surface area (Å²) in [5.41, 5.74) is -5.76. The number of rotatable bonds is 0. The van der Waals surface area contributed by atoms with E-state index < -0.39 is 31.3 Å². The fourth-order valence-corrected chi connectivity index (χ4v) is 0.304. The van der Waals surface area contributed by atoms with Gasteiger partial charge in [0.2, 0.25) is 0 Å². The van der Waals surface area contributed by atoms with Crippen LogP contribution in [0.2, 0.25) is 0 Å². The molecule has 0 aromatic carbocycles. The molecule has 0 saturated carbocycles. The molecule has 0 atom stereocenters. The van der Waals surface area contributed by atoms with Gasteiger partial charge in [-0.05, 0) is 12.2 Å². The Balaban J connectivity index is -0.000000121. The molecule has 0 aliphatic heterocycles. The van der Waals surface area contributed by atoms with E-state index in [1.54, 1.807) is 0 Å². The number of hydrogen-bond donors (Lipinski definition) is 0. The molecular weight excluding hydrogens is 501 g/mol. The molecule has 132 valence electrons. The molecule has 0 fully saturated rings. The van der Waals surface area contributed by atoms with Gasteiger partial charge in [0.1, 0.15) is 0 Å². The maximum Gasteiger partial charge on any atom is 0.485 e. The van der Waals surface area contributed by atoms with Gasteiger partial charge in [0.05, 0.1) is 0 Å². The van der Waals surface area contributed by atoms with E-state index in [4.69, 9.17) is 25.9 Å². The molecule has 0 saturated heterocycles. The van der Waals surface area contributed by atoms with Crippen molar-refractivity contribution in [2.45, 2.75) is 11.0 Å². The second-order valence-electron chi connectivity index (χ2n) is 2.81. The van der Waals surface area contributed by atoms with Crippen LogP contribution in [-0.4, -0.2) is 37.0 Å². The Labute approximate surface area is 158 Å². The van der Waals surface area contributed by atoms with Crippen LogP contribution < -0.4 is 0 Å². The van der Waals surface area contributed by atoms with Crippen LogP contribution >= 0.6 is 0 Å². The minimum Gasteiger partial charge on any atom is -0.741 e. The second kappa shape index (κ2) is 12.1. The van der Waals surface area contributed by atoms with Crippen LogP contribution in [0.1, 0.15) is 0 Å². The zero-order chi connectivity index (χ0) is 18.2. The van der Waals surface area contributed by atoms with Gasteiger partial charge in [-0.15, -0.1) is 0 Å². The number of hydrogen-bond acceptors (Lipinski definition) is 6. The summed E-state index contributed by atoms with van der Waals surface area (Å²) in [5, 5.41) is 0. The van der Waals surface area contributed by atoms with Crippen molar-refractivity contribution in [3.8, 4) is 0 Å². The molecule has 0 heterocycles. The van der Waals surface area contributed by atoms with Crippen molar-refractivity contribution in [3.05, 3.63) is 35.8 Å². The first-order valence-electron chi connectivity index (χ1n) is 4.37. The Kier molecular flexibility index (Phi) is 15.9. The number of halogens is 6. The summed E-state index contributed by atoms with van der Waals surface area (Å²) < 4.78 is 118. The van der Waals surface area contributed by atoms with Crippen LogP contribution in [0.4, 0.5) is 26.3 Å². The molecule has 0 amide bonds. The SMILES string of the molecule is C1=C=CC=CC=1.O=S(=O)([O-])C(F)(F)F.O=S(=O)([O-])C(F)(F)F.[Zn].[Zn]. The Hall–Kier alpha value is -0.313. The van der Waals surface area contributed by atoms with Crippen LogP contribution in [-0.2, 0) is 59.2 Å². The van der Waals surface area contributed by atoms with Crippen LogP contribution in [0, 0.1) is 0 Å². The molecule has 16 heteroatoms. The van der Waals surface area contributed by atoms with Gasteiger partial charge in [0.15, 0.2) is 20.2 Å². The smallest absolute Gasteiger partial charge is 0.485 e. The van der Waals surface area contributed by atoms with E-state index in [2.05, 4.69) is 11.5 Å².